The van der Waals surface area contributed by atoms with Crippen molar-refractivity contribution < 1.29 is 14.3 Å². The Bertz CT molecular complexity index is 936. The number of thiocarbonyl (C=S) groups is 1. The number of carbonyl (C=O) groups is 2. The van der Waals surface area contributed by atoms with Crippen LogP contribution in [-0.2, 0) is 9.59 Å². The summed E-state index contributed by atoms with van der Waals surface area (Å²) < 4.78 is 6.28. The van der Waals surface area contributed by atoms with Crippen molar-refractivity contribution in [3.8, 4) is 5.75 Å². The van der Waals surface area contributed by atoms with E-state index in [4.69, 9.17) is 40.2 Å². The molecule has 3 atom stereocenters. The van der Waals surface area contributed by atoms with Crippen molar-refractivity contribution in [3.05, 3.63) is 45.3 Å². The molecule has 0 unspecified atom stereocenters. The average Bonchev–Trinajstić information content (AvgIpc) is 3.08. The molecule has 0 radical (unpaired) electrons. The molecule has 30 heavy (non-hydrogen) atoms. The zero-order chi connectivity index (χ0) is 22.2. The van der Waals surface area contributed by atoms with E-state index in [9.17, 15) is 9.59 Å². The van der Waals surface area contributed by atoms with Crippen LogP contribution in [0.4, 0.5) is 0 Å². The minimum Gasteiger partial charge on any atom is -0.426 e. The summed E-state index contributed by atoms with van der Waals surface area (Å²) in [6.07, 6.45) is 4.33. The van der Waals surface area contributed by atoms with Gasteiger partial charge in [-0.2, -0.15) is 0 Å². The van der Waals surface area contributed by atoms with Gasteiger partial charge in [0.05, 0.1) is 10.8 Å². The van der Waals surface area contributed by atoms with Crippen LogP contribution < -0.4 is 4.74 Å². The maximum atomic E-state index is 12.6. The Balaban J connectivity index is 1.67. The Morgan fingerprint density at radius 3 is 2.53 bits per heavy atom. The Kier molecular flexibility index (Phi) is 7.02. The van der Waals surface area contributed by atoms with Gasteiger partial charge in [-0.3, -0.25) is 14.5 Å². The van der Waals surface area contributed by atoms with Crippen LogP contribution in [0.15, 0.2) is 39.7 Å². The highest BCUT2D eigenvalue weighted by Gasteiger charge is 2.61. The lowest BCUT2D eigenvalue weighted by atomic mass is 10.1. The number of carbonyl (C=O) groups excluding carboxylic acids is 2. The Morgan fingerprint density at radius 1 is 1.33 bits per heavy atom. The number of halogens is 2. The van der Waals surface area contributed by atoms with Crippen LogP contribution in [-0.4, -0.2) is 27.1 Å². The number of allylic oxidation sites excluding steroid dienone is 1. The Morgan fingerprint density at radius 2 is 1.97 bits per heavy atom. The normalized spacial score (nSPS) is 24.7. The van der Waals surface area contributed by atoms with E-state index in [1.54, 1.807) is 29.2 Å². The first-order chi connectivity index (χ1) is 14.1. The van der Waals surface area contributed by atoms with Crippen molar-refractivity contribution in [1.82, 2.24) is 4.90 Å². The molecule has 2 fully saturated rings. The summed E-state index contributed by atoms with van der Waals surface area (Å²) in [6.45, 7) is 7.98. The quantitative estimate of drug-likeness (QED) is 0.209. The molecular weight excluding hydrogens is 461 g/mol. The topological polar surface area (TPSA) is 46.6 Å². The number of thioether (sulfide) groups is 1. The van der Waals surface area contributed by atoms with E-state index in [-0.39, 0.29) is 39.7 Å². The lowest BCUT2D eigenvalue weighted by molar-refractivity contribution is -0.136. The molecule has 1 aliphatic carbocycles. The van der Waals surface area contributed by atoms with Gasteiger partial charge in [0.2, 0.25) is 0 Å². The molecule has 1 heterocycles. The van der Waals surface area contributed by atoms with Crippen LogP contribution in [0.5, 0.6) is 5.75 Å². The van der Waals surface area contributed by atoms with E-state index < -0.39 is 0 Å². The van der Waals surface area contributed by atoms with Gasteiger partial charge < -0.3 is 4.74 Å². The number of hydrogen-bond donors (Lipinski definition) is 0. The molecule has 1 aromatic rings. The predicted molar refractivity (Wildman–Crippen MR) is 127 cm³/mol. The van der Waals surface area contributed by atoms with E-state index in [1.807, 2.05) is 39.8 Å². The molecule has 0 N–H and O–H groups in total. The fourth-order valence-electron chi connectivity index (χ4n) is 3.58. The molecule has 0 aromatic heterocycles. The third-order valence-electron chi connectivity index (χ3n) is 5.72. The van der Waals surface area contributed by atoms with E-state index >= 15 is 0 Å². The Hall–Kier alpha value is -1.34. The lowest BCUT2D eigenvalue weighted by Crippen LogP contribution is -2.36. The summed E-state index contributed by atoms with van der Waals surface area (Å²) in [7, 11) is 0. The second-order valence-corrected chi connectivity index (χ2v) is 10.8. The summed E-state index contributed by atoms with van der Waals surface area (Å²) in [5.41, 5.74) is 0.595. The monoisotopic (exact) mass is 483 g/mol. The van der Waals surface area contributed by atoms with E-state index in [0.717, 1.165) is 12.0 Å². The highest BCUT2D eigenvalue weighted by Crippen LogP contribution is 2.60. The smallest absolute Gasteiger partial charge is 0.315 e. The second kappa shape index (κ2) is 9.03. The van der Waals surface area contributed by atoms with Crippen LogP contribution >= 0.6 is 47.2 Å². The van der Waals surface area contributed by atoms with Gasteiger partial charge in [0.25, 0.3) is 5.91 Å². The highest BCUT2D eigenvalue weighted by molar-refractivity contribution is 8.26. The largest absolute Gasteiger partial charge is 0.426 e. The molecule has 8 heteroatoms. The Labute approximate surface area is 196 Å². The first-order valence-corrected chi connectivity index (χ1v) is 11.7. The first-order valence-electron chi connectivity index (χ1n) is 9.68. The molecule has 3 rings (SSSR count). The molecular formula is C22H23Cl2NO3S2. The van der Waals surface area contributed by atoms with Crippen LogP contribution in [0, 0.1) is 17.3 Å². The van der Waals surface area contributed by atoms with Gasteiger partial charge in [-0.15, -0.1) is 0 Å². The van der Waals surface area contributed by atoms with Crippen molar-refractivity contribution in [3.63, 3.8) is 0 Å². The summed E-state index contributed by atoms with van der Waals surface area (Å²) in [5, 5.41) is 0. The van der Waals surface area contributed by atoms with Gasteiger partial charge in [0.15, 0.2) is 0 Å². The molecule has 1 saturated carbocycles. The SMILES string of the molecule is CC[C@H](C)N1C(=O)/C(=C\c2ccc(OC(=O)[C@H]3[C@@H](C=C(Cl)Cl)C3(C)C)cc2)SC1=S. The van der Waals surface area contributed by atoms with Gasteiger partial charge in [0, 0.05) is 6.04 Å². The van der Waals surface area contributed by atoms with Crippen molar-refractivity contribution >= 4 is 69.5 Å². The predicted octanol–water partition coefficient (Wildman–Crippen LogP) is 6.18. The van der Waals surface area contributed by atoms with Gasteiger partial charge in [-0.25, -0.2) is 0 Å². The van der Waals surface area contributed by atoms with Crippen molar-refractivity contribution in [2.45, 2.75) is 40.2 Å². The molecule has 160 valence electrons. The van der Waals surface area contributed by atoms with Crippen LogP contribution in [0.2, 0.25) is 0 Å². The maximum absolute atomic E-state index is 12.6. The number of rotatable bonds is 6. The fraction of sp³-hybridized carbons (Fsp3) is 0.409. The van der Waals surface area contributed by atoms with Gasteiger partial charge in [-0.1, -0.05) is 80.1 Å². The molecule has 4 nitrogen and oxygen atoms in total. The van der Waals surface area contributed by atoms with Crippen molar-refractivity contribution in [2.24, 2.45) is 17.3 Å². The molecule has 2 aliphatic rings. The van der Waals surface area contributed by atoms with Crippen LogP contribution in [0.1, 0.15) is 39.7 Å². The minimum atomic E-state index is -0.307. The third kappa shape index (κ3) is 4.77. The summed E-state index contributed by atoms with van der Waals surface area (Å²) in [5.74, 6) is -0.249. The molecule has 1 saturated heterocycles. The molecule has 1 amide bonds. The van der Waals surface area contributed by atoms with E-state index in [1.165, 1.54) is 11.8 Å². The lowest BCUT2D eigenvalue weighted by Gasteiger charge is -2.21. The molecule has 0 spiro atoms. The summed E-state index contributed by atoms with van der Waals surface area (Å²) >= 11 is 18.2. The minimum absolute atomic E-state index is 0.0401. The number of hydrogen-bond acceptors (Lipinski definition) is 5. The average molecular weight is 484 g/mol. The zero-order valence-corrected chi connectivity index (χ0v) is 20.3. The number of esters is 1. The van der Waals surface area contributed by atoms with E-state index in [2.05, 4.69) is 0 Å². The molecule has 1 aliphatic heterocycles. The highest BCUT2D eigenvalue weighted by atomic mass is 35.5. The fourth-order valence-corrected chi connectivity index (χ4v) is 5.31. The number of amides is 1. The van der Waals surface area contributed by atoms with Gasteiger partial charge >= 0.3 is 5.97 Å². The second-order valence-electron chi connectivity index (χ2n) is 8.08. The standard InChI is InChI=1S/C22H23Cl2NO3S2/c1-5-12(2)25-19(26)16(30-21(25)29)10-13-6-8-14(9-7-13)28-20(27)18-15(11-17(23)24)22(18,3)4/h6-12,15,18H,5H2,1-4H3/b16-10+/t12-,15+,18+/m0/s1. The number of nitrogens with zero attached hydrogens (tertiary/aromatic N) is 1. The summed E-state index contributed by atoms with van der Waals surface area (Å²) in [6, 6.07) is 7.12. The van der Waals surface area contributed by atoms with E-state index in [0.29, 0.717) is 15.0 Å². The first kappa shape index (κ1) is 23.3. The number of ether oxygens (including phenoxy) is 1. The van der Waals surface area contributed by atoms with Crippen LogP contribution in [0.25, 0.3) is 6.08 Å². The van der Waals surface area contributed by atoms with Gasteiger partial charge in [-0.05, 0) is 54.5 Å². The van der Waals surface area contributed by atoms with Gasteiger partial charge in [0.1, 0.15) is 14.6 Å². The van der Waals surface area contributed by atoms with Crippen molar-refractivity contribution in [2.75, 3.05) is 0 Å². The zero-order valence-electron chi connectivity index (χ0n) is 17.1. The molecule has 0 bridgehead atoms. The van der Waals surface area contributed by atoms with Crippen LogP contribution in [0.3, 0.4) is 0 Å². The third-order valence-corrected chi connectivity index (χ3v) is 7.30. The van der Waals surface area contributed by atoms with Crippen molar-refractivity contribution in [1.29, 1.82) is 0 Å². The number of benzene rings is 1. The summed E-state index contributed by atoms with van der Waals surface area (Å²) in [4.78, 5) is 27.4. The maximum Gasteiger partial charge on any atom is 0.315 e. The molecule has 1 aromatic carbocycles.